The van der Waals surface area contributed by atoms with E-state index in [2.05, 4.69) is 20.1 Å². The summed E-state index contributed by atoms with van der Waals surface area (Å²) in [6.45, 7) is 1.38. The van der Waals surface area contributed by atoms with Gasteiger partial charge >= 0.3 is 0 Å². The summed E-state index contributed by atoms with van der Waals surface area (Å²) in [6.07, 6.45) is 0. The Morgan fingerprint density at radius 1 is 1.10 bits per heavy atom. The molecular weight excluding hydrogens is 426 g/mol. The maximum absolute atomic E-state index is 12.7. The number of benzene rings is 2. The number of aromatic nitrogens is 3. The van der Waals surface area contributed by atoms with E-state index in [9.17, 15) is 13.2 Å². The van der Waals surface area contributed by atoms with Crippen LogP contribution in [0.4, 0.5) is 11.6 Å². The van der Waals surface area contributed by atoms with E-state index < -0.39 is 10.0 Å². The van der Waals surface area contributed by atoms with Crippen LogP contribution in [0.25, 0.3) is 16.2 Å². The number of fused-ring (bicyclic) bond motifs is 1. The van der Waals surface area contributed by atoms with Crippen molar-refractivity contribution >= 4 is 43.9 Å². The predicted molar refractivity (Wildman–Crippen MR) is 114 cm³/mol. The summed E-state index contributed by atoms with van der Waals surface area (Å²) in [5.74, 6) is 0.475. The van der Waals surface area contributed by atoms with Gasteiger partial charge in [0.05, 0.1) is 17.7 Å². The highest BCUT2D eigenvalue weighted by Gasteiger charge is 2.19. The van der Waals surface area contributed by atoms with Crippen LogP contribution in [-0.4, -0.2) is 36.0 Å². The van der Waals surface area contributed by atoms with Crippen LogP contribution in [-0.2, 0) is 14.8 Å². The van der Waals surface area contributed by atoms with Gasteiger partial charge in [0.15, 0.2) is 0 Å². The number of thiazole rings is 1. The number of hydrogen-bond acceptors (Lipinski definition) is 7. The summed E-state index contributed by atoms with van der Waals surface area (Å²) >= 11 is 1.35. The Morgan fingerprint density at radius 2 is 1.80 bits per heavy atom. The molecule has 9 nitrogen and oxygen atoms in total. The average Bonchev–Trinajstić information content (AvgIpc) is 3.27. The lowest BCUT2D eigenvalue weighted by Gasteiger charge is -2.06. The van der Waals surface area contributed by atoms with Crippen molar-refractivity contribution in [3.63, 3.8) is 0 Å². The molecule has 2 N–H and O–H groups in total. The molecule has 1 amide bonds. The molecule has 0 saturated carbocycles. The standard InChI is InChI=1S/C19H17N5O4S2/c1-12(25)20-14-5-9-16(10-6-14)30(26,27)23-18-21-19-24(22-18)17(11-29-19)13-3-7-15(28-2)8-4-13/h3-11H,1-2H3,(H,20,25)(H,22,23). The molecule has 0 spiro atoms. The fraction of sp³-hybridized carbons (Fsp3) is 0.105. The minimum atomic E-state index is -3.88. The molecule has 0 aliphatic rings. The molecule has 0 saturated heterocycles. The third kappa shape index (κ3) is 3.98. The molecule has 4 rings (SSSR count). The van der Waals surface area contributed by atoms with Crippen LogP contribution in [0.15, 0.2) is 58.8 Å². The van der Waals surface area contributed by atoms with Gasteiger partial charge < -0.3 is 10.1 Å². The highest BCUT2D eigenvalue weighted by atomic mass is 32.2. The molecule has 2 aromatic carbocycles. The lowest BCUT2D eigenvalue weighted by Crippen LogP contribution is -2.14. The Bertz CT molecular complexity index is 1310. The Morgan fingerprint density at radius 3 is 2.43 bits per heavy atom. The zero-order valence-electron chi connectivity index (χ0n) is 16.0. The number of amides is 1. The fourth-order valence-corrected chi connectivity index (χ4v) is 4.55. The van der Waals surface area contributed by atoms with Crippen molar-refractivity contribution in [2.75, 3.05) is 17.1 Å². The second-order valence-corrected chi connectivity index (χ2v) is 8.81. The Balaban J connectivity index is 1.59. The van der Waals surface area contributed by atoms with E-state index in [0.717, 1.165) is 17.0 Å². The number of anilines is 2. The summed E-state index contributed by atoms with van der Waals surface area (Å²) in [5.41, 5.74) is 2.19. The van der Waals surface area contributed by atoms with Gasteiger partial charge in [-0.05, 0) is 48.5 Å². The first kappa shape index (κ1) is 19.9. The highest BCUT2D eigenvalue weighted by molar-refractivity contribution is 7.92. The second-order valence-electron chi connectivity index (χ2n) is 6.29. The number of nitrogens with one attached hydrogen (secondary N) is 2. The fourth-order valence-electron chi connectivity index (χ4n) is 2.78. The van der Waals surface area contributed by atoms with Crippen molar-refractivity contribution in [1.82, 2.24) is 14.6 Å². The second kappa shape index (κ2) is 7.76. The lowest BCUT2D eigenvalue weighted by atomic mass is 10.2. The molecule has 0 aliphatic carbocycles. The number of ether oxygens (including phenoxy) is 1. The molecule has 0 bridgehead atoms. The number of carbonyl (C=O) groups excluding carboxylic acids is 1. The number of methoxy groups -OCH3 is 1. The van der Waals surface area contributed by atoms with Gasteiger partial charge in [0, 0.05) is 23.6 Å². The molecule has 0 atom stereocenters. The first-order chi connectivity index (χ1) is 14.4. The molecule has 0 fully saturated rings. The van der Waals surface area contributed by atoms with Crippen molar-refractivity contribution in [1.29, 1.82) is 0 Å². The Hall–Kier alpha value is -3.44. The van der Waals surface area contributed by atoms with Crippen molar-refractivity contribution in [2.24, 2.45) is 0 Å². The van der Waals surface area contributed by atoms with Gasteiger partial charge in [-0.1, -0.05) is 0 Å². The van der Waals surface area contributed by atoms with Crippen molar-refractivity contribution in [2.45, 2.75) is 11.8 Å². The van der Waals surface area contributed by atoms with Gasteiger partial charge in [-0.25, -0.2) is 17.7 Å². The molecule has 30 heavy (non-hydrogen) atoms. The summed E-state index contributed by atoms with van der Waals surface area (Å²) in [5, 5.41) is 8.78. The molecular formula is C19H17N5O4S2. The normalized spacial score (nSPS) is 11.4. The lowest BCUT2D eigenvalue weighted by molar-refractivity contribution is -0.114. The SMILES string of the molecule is COc1ccc(-c2csc3nc(NS(=O)(=O)c4ccc(NC(C)=O)cc4)nn23)cc1. The average molecular weight is 444 g/mol. The van der Waals surface area contributed by atoms with E-state index >= 15 is 0 Å². The largest absolute Gasteiger partial charge is 0.497 e. The van der Waals surface area contributed by atoms with Gasteiger partial charge in [0.25, 0.3) is 16.0 Å². The van der Waals surface area contributed by atoms with Gasteiger partial charge in [0.1, 0.15) is 5.75 Å². The van der Waals surface area contributed by atoms with Crippen LogP contribution < -0.4 is 14.8 Å². The number of carbonyl (C=O) groups is 1. The first-order valence-corrected chi connectivity index (χ1v) is 11.1. The Kier molecular flexibility index (Phi) is 5.14. The Labute approximate surface area is 176 Å². The van der Waals surface area contributed by atoms with E-state index in [-0.39, 0.29) is 16.8 Å². The maximum atomic E-state index is 12.7. The smallest absolute Gasteiger partial charge is 0.264 e. The molecule has 154 valence electrons. The monoisotopic (exact) mass is 443 g/mol. The van der Waals surface area contributed by atoms with Crippen LogP contribution in [0.5, 0.6) is 5.75 Å². The summed E-state index contributed by atoms with van der Waals surface area (Å²) < 4.78 is 34.5. The summed E-state index contributed by atoms with van der Waals surface area (Å²) in [4.78, 5) is 15.9. The molecule has 4 aromatic rings. The molecule has 0 unspecified atom stereocenters. The highest BCUT2D eigenvalue weighted by Crippen LogP contribution is 2.28. The predicted octanol–water partition coefficient (Wildman–Crippen LogP) is 3.23. The number of rotatable bonds is 6. The molecule has 11 heteroatoms. The quantitative estimate of drug-likeness (QED) is 0.473. The molecule has 0 radical (unpaired) electrons. The zero-order valence-corrected chi connectivity index (χ0v) is 17.6. The van der Waals surface area contributed by atoms with E-state index in [0.29, 0.717) is 10.6 Å². The minimum Gasteiger partial charge on any atom is -0.497 e. The van der Waals surface area contributed by atoms with Crippen molar-refractivity contribution in [3.8, 4) is 17.0 Å². The number of sulfonamides is 1. The van der Waals surface area contributed by atoms with Gasteiger partial charge in [-0.2, -0.15) is 4.98 Å². The minimum absolute atomic E-state index is 0.0254. The number of hydrogen-bond donors (Lipinski definition) is 2. The number of nitrogens with zero attached hydrogens (tertiary/aromatic N) is 3. The van der Waals surface area contributed by atoms with Crippen molar-refractivity contribution in [3.05, 3.63) is 53.9 Å². The van der Waals surface area contributed by atoms with E-state index in [1.165, 1.54) is 42.5 Å². The van der Waals surface area contributed by atoms with Crippen LogP contribution in [0.1, 0.15) is 6.92 Å². The van der Waals surface area contributed by atoms with Crippen LogP contribution >= 0.6 is 11.3 Å². The topological polar surface area (TPSA) is 115 Å². The van der Waals surface area contributed by atoms with Crippen LogP contribution in [0, 0.1) is 0 Å². The molecule has 2 heterocycles. The van der Waals surface area contributed by atoms with Crippen LogP contribution in [0.2, 0.25) is 0 Å². The van der Waals surface area contributed by atoms with E-state index in [4.69, 9.17) is 4.74 Å². The van der Waals surface area contributed by atoms with Gasteiger partial charge in [-0.3, -0.25) is 4.79 Å². The van der Waals surface area contributed by atoms with Crippen LogP contribution in [0.3, 0.4) is 0 Å². The summed E-state index contributed by atoms with van der Waals surface area (Å²) in [7, 11) is -2.29. The van der Waals surface area contributed by atoms with Crippen molar-refractivity contribution < 1.29 is 17.9 Å². The zero-order chi connectivity index (χ0) is 21.3. The summed E-state index contributed by atoms with van der Waals surface area (Å²) in [6, 6.07) is 13.3. The van der Waals surface area contributed by atoms with E-state index in [1.54, 1.807) is 11.6 Å². The third-order valence-corrected chi connectivity index (χ3v) is 6.34. The third-order valence-electron chi connectivity index (χ3n) is 4.18. The molecule has 0 aliphatic heterocycles. The maximum Gasteiger partial charge on any atom is 0.264 e. The van der Waals surface area contributed by atoms with E-state index in [1.807, 2.05) is 29.6 Å². The first-order valence-electron chi connectivity index (χ1n) is 8.75. The van der Waals surface area contributed by atoms with Gasteiger partial charge in [-0.15, -0.1) is 16.4 Å². The van der Waals surface area contributed by atoms with Gasteiger partial charge in [0.2, 0.25) is 10.9 Å². The molecule has 2 aromatic heterocycles.